The Kier molecular flexibility index (Phi) is 10.5. The maximum Gasteiger partial charge on any atom is 0.241 e. The van der Waals surface area contributed by atoms with Crippen LogP contribution in [-0.4, -0.2) is 39.7 Å². The molecule has 1 fully saturated rings. The molecule has 1 aliphatic rings. The van der Waals surface area contributed by atoms with Crippen molar-refractivity contribution < 1.29 is 23.7 Å². The molecule has 2 unspecified atom stereocenters. The summed E-state index contributed by atoms with van der Waals surface area (Å²) in [5.41, 5.74) is 0.782. The smallest absolute Gasteiger partial charge is 0.241 e. The van der Waals surface area contributed by atoms with Crippen molar-refractivity contribution in [3.8, 4) is 11.5 Å². The van der Waals surface area contributed by atoms with Gasteiger partial charge in [-0.05, 0) is 36.6 Å². The Labute approximate surface area is 206 Å². The van der Waals surface area contributed by atoms with Gasteiger partial charge in [0.05, 0.1) is 13.2 Å². The van der Waals surface area contributed by atoms with Gasteiger partial charge in [-0.15, -0.1) is 0 Å². The van der Waals surface area contributed by atoms with Crippen LogP contribution < -0.4 is 9.47 Å². The number of hydrogen-bond acceptors (Lipinski definition) is 5. The Hall–Kier alpha value is 0.180. The first-order chi connectivity index (χ1) is 14.0. The number of halogens is 6. The second-order valence-electron chi connectivity index (χ2n) is 6.32. The summed E-state index contributed by atoms with van der Waals surface area (Å²) in [6.45, 7) is 5.23. The quantitative estimate of drug-likeness (QED) is 0.329. The fourth-order valence-electron chi connectivity index (χ4n) is 2.34. The van der Waals surface area contributed by atoms with E-state index in [1.807, 2.05) is 32.0 Å². The van der Waals surface area contributed by atoms with Gasteiger partial charge in [0.1, 0.15) is 11.5 Å². The summed E-state index contributed by atoms with van der Waals surface area (Å²) in [5, 5.41) is 0. The largest absolute Gasteiger partial charge is 0.493 e. The van der Waals surface area contributed by atoms with Crippen molar-refractivity contribution >= 4 is 75.7 Å². The number of alkyl halides is 6. The number of hydrogen-bond donors (Lipinski definition) is 0. The van der Waals surface area contributed by atoms with Gasteiger partial charge < -0.3 is 23.7 Å². The van der Waals surface area contributed by atoms with Crippen LogP contribution in [0.3, 0.4) is 0 Å². The number of ether oxygens (including phenoxy) is 5. The number of rotatable bonds is 8. The van der Waals surface area contributed by atoms with Crippen molar-refractivity contribution in [3.05, 3.63) is 29.8 Å². The Morgan fingerprint density at radius 3 is 1.67 bits per heavy atom. The van der Waals surface area contributed by atoms with Gasteiger partial charge in [0.25, 0.3) is 0 Å². The van der Waals surface area contributed by atoms with Crippen molar-refractivity contribution in [2.75, 3.05) is 13.2 Å². The van der Waals surface area contributed by atoms with E-state index in [1.165, 1.54) is 0 Å². The summed E-state index contributed by atoms with van der Waals surface area (Å²) in [5.74, 6) is 1.36. The molecule has 0 saturated carbocycles. The van der Waals surface area contributed by atoms with Crippen LogP contribution in [-0.2, 0) is 14.2 Å². The predicted molar refractivity (Wildman–Crippen MR) is 122 cm³/mol. The van der Waals surface area contributed by atoms with Gasteiger partial charge in [0.15, 0.2) is 6.29 Å². The molecule has 1 heterocycles. The normalized spacial score (nSPS) is 23.0. The molecule has 0 bridgehead atoms. The van der Waals surface area contributed by atoms with E-state index in [9.17, 15) is 0 Å². The van der Waals surface area contributed by atoms with Crippen LogP contribution in [0.4, 0.5) is 0 Å². The summed E-state index contributed by atoms with van der Waals surface area (Å²) in [6.07, 6.45) is 1.46. The van der Waals surface area contributed by atoms with E-state index in [1.54, 1.807) is 12.2 Å². The maximum absolute atomic E-state index is 5.89. The Morgan fingerprint density at radius 2 is 1.27 bits per heavy atom. The third-order valence-electron chi connectivity index (χ3n) is 3.59. The lowest BCUT2D eigenvalue weighted by Crippen LogP contribution is -2.50. The van der Waals surface area contributed by atoms with E-state index >= 15 is 0 Å². The summed E-state index contributed by atoms with van der Waals surface area (Å²) in [4.78, 5) is 0. The zero-order valence-electron chi connectivity index (χ0n) is 16.3. The molecular formula is C19H22Cl6O5. The van der Waals surface area contributed by atoms with Gasteiger partial charge in [0.2, 0.25) is 20.2 Å². The van der Waals surface area contributed by atoms with Crippen LogP contribution in [0.2, 0.25) is 0 Å². The molecule has 1 aliphatic heterocycles. The highest BCUT2D eigenvalue weighted by Crippen LogP contribution is 2.42. The summed E-state index contributed by atoms with van der Waals surface area (Å²) >= 11 is 35.3. The molecule has 0 amide bonds. The van der Waals surface area contributed by atoms with E-state index in [0.29, 0.717) is 24.7 Å². The van der Waals surface area contributed by atoms with Crippen molar-refractivity contribution in [1.82, 2.24) is 0 Å². The third kappa shape index (κ3) is 8.61. The van der Waals surface area contributed by atoms with Crippen LogP contribution in [0.5, 0.6) is 11.5 Å². The maximum atomic E-state index is 5.89. The summed E-state index contributed by atoms with van der Waals surface area (Å²) < 4.78 is 24.0. The Bertz CT molecular complexity index is 655. The molecule has 5 nitrogen and oxygen atoms in total. The van der Waals surface area contributed by atoms with Gasteiger partial charge in [0, 0.05) is 6.07 Å². The lowest BCUT2D eigenvalue weighted by Gasteiger charge is -2.39. The van der Waals surface area contributed by atoms with E-state index in [0.717, 1.165) is 18.4 Å². The molecule has 11 heteroatoms. The first kappa shape index (κ1) is 26.4. The first-order valence-electron chi connectivity index (χ1n) is 9.21. The molecule has 0 radical (unpaired) electrons. The van der Waals surface area contributed by atoms with Gasteiger partial charge in [-0.25, -0.2) is 0 Å². The highest BCUT2D eigenvalue weighted by atomic mass is 35.6. The van der Waals surface area contributed by atoms with Crippen molar-refractivity contribution in [1.29, 1.82) is 0 Å². The van der Waals surface area contributed by atoms with Gasteiger partial charge in [-0.1, -0.05) is 89.5 Å². The lowest BCUT2D eigenvalue weighted by atomic mass is 10.2. The van der Waals surface area contributed by atoms with E-state index < -0.39 is 26.5 Å². The molecule has 0 spiro atoms. The topological polar surface area (TPSA) is 46.2 Å². The second-order valence-corrected chi connectivity index (χ2v) is 11.1. The third-order valence-corrected chi connectivity index (χ3v) is 4.66. The predicted octanol–water partition coefficient (Wildman–Crippen LogP) is 7.06. The molecule has 1 saturated heterocycles. The van der Waals surface area contributed by atoms with Crippen molar-refractivity contribution in [3.63, 3.8) is 0 Å². The molecule has 30 heavy (non-hydrogen) atoms. The monoisotopic (exact) mass is 540 g/mol. The zero-order valence-corrected chi connectivity index (χ0v) is 20.8. The minimum Gasteiger partial charge on any atom is -0.493 e. The lowest BCUT2D eigenvalue weighted by molar-refractivity contribution is -0.366. The molecular weight excluding hydrogens is 521 g/mol. The molecule has 0 N–H and O–H groups in total. The van der Waals surface area contributed by atoms with Crippen LogP contribution in [0, 0.1) is 0 Å². The Balaban J connectivity index is 2.22. The molecule has 0 aliphatic carbocycles. The van der Waals surface area contributed by atoms with Gasteiger partial charge >= 0.3 is 0 Å². The molecule has 1 aromatic carbocycles. The average molecular weight is 543 g/mol. The van der Waals surface area contributed by atoms with E-state index in [2.05, 4.69) is 0 Å². The summed E-state index contributed by atoms with van der Waals surface area (Å²) in [7, 11) is 0. The van der Waals surface area contributed by atoms with Crippen LogP contribution >= 0.6 is 69.6 Å². The molecule has 170 valence electrons. The van der Waals surface area contributed by atoms with Crippen molar-refractivity contribution in [2.24, 2.45) is 0 Å². The van der Waals surface area contributed by atoms with Crippen LogP contribution in [0.25, 0.3) is 6.08 Å². The van der Waals surface area contributed by atoms with Gasteiger partial charge in [-0.2, -0.15) is 0 Å². The minimum atomic E-state index is -1.92. The minimum absolute atomic E-state index is 0.586. The fraction of sp³-hybridized carbons (Fsp3) is 0.579. The SMILES string of the molecule is CCCOc1cc(C=CC2OC(C(Cl)(Cl)Cl)OC(C(Cl)(Cl)Cl)O2)cc(OCCC)c1. The first-order valence-corrected chi connectivity index (χ1v) is 11.5. The highest BCUT2D eigenvalue weighted by Gasteiger charge is 2.48. The Morgan fingerprint density at radius 1 is 0.800 bits per heavy atom. The second kappa shape index (κ2) is 11.9. The zero-order chi connectivity index (χ0) is 22.4. The molecule has 0 aromatic heterocycles. The van der Waals surface area contributed by atoms with E-state index in [-0.39, 0.29) is 0 Å². The van der Waals surface area contributed by atoms with Crippen molar-refractivity contribution in [2.45, 2.75) is 53.1 Å². The average Bonchev–Trinajstić information content (AvgIpc) is 2.67. The number of benzene rings is 1. The standard InChI is InChI=1S/C19H22Cl6O5/c1-3-7-26-13-9-12(10-14(11-13)27-8-4-2)5-6-15-28-16(18(20,21)22)30-17(29-15)19(23,24)25/h5-6,9-11,15-17H,3-4,7-8H2,1-2H3. The van der Waals surface area contributed by atoms with E-state index in [4.69, 9.17) is 93.3 Å². The summed E-state index contributed by atoms with van der Waals surface area (Å²) in [6, 6.07) is 5.54. The highest BCUT2D eigenvalue weighted by molar-refractivity contribution is 6.68. The molecule has 2 rings (SSSR count). The molecule has 1 aromatic rings. The van der Waals surface area contributed by atoms with Crippen LogP contribution in [0.15, 0.2) is 24.3 Å². The fourth-order valence-corrected chi connectivity index (χ4v) is 2.95. The molecule has 2 atom stereocenters. The van der Waals surface area contributed by atoms with Gasteiger partial charge in [-0.3, -0.25) is 0 Å². The van der Waals surface area contributed by atoms with Crippen LogP contribution in [0.1, 0.15) is 32.3 Å².